The summed E-state index contributed by atoms with van der Waals surface area (Å²) in [7, 11) is 2.86. The third-order valence-electron chi connectivity index (χ3n) is 3.36. The molecule has 0 atom stereocenters. The van der Waals surface area contributed by atoms with Gasteiger partial charge in [-0.15, -0.1) is 0 Å². The molecule has 0 unspecified atom stereocenters. The van der Waals surface area contributed by atoms with Gasteiger partial charge >= 0.3 is 11.8 Å². The third kappa shape index (κ3) is 4.55. The first-order chi connectivity index (χ1) is 11.8. The highest BCUT2D eigenvalue weighted by molar-refractivity contribution is 6.44. The Hall–Kier alpha value is -2.44. The topological polar surface area (TPSA) is 76.7 Å². The molecule has 25 heavy (non-hydrogen) atoms. The predicted molar refractivity (Wildman–Crippen MR) is 98.0 cm³/mol. The van der Waals surface area contributed by atoms with E-state index in [1.54, 1.807) is 18.2 Å². The molecule has 132 valence electrons. The molecule has 0 spiro atoms. The Morgan fingerprint density at radius 3 is 2.12 bits per heavy atom. The first-order valence-electron chi connectivity index (χ1n) is 7.15. The fraction of sp³-hybridized carbons (Fsp3) is 0.176. The Morgan fingerprint density at radius 2 is 1.52 bits per heavy atom. The average Bonchev–Trinajstić information content (AvgIpc) is 2.59. The highest BCUT2D eigenvalue weighted by atomic mass is 35.5. The maximum Gasteiger partial charge on any atom is 0.314 e. The van der Waals surface area contributed by atoms with E-state index in [4.69, 9.17) is 32.7 Å². The number of carbonyl (C=O) groups excluding carboxylic acids is 2. The maximum absolute atomic E-state index is 12.1. The number of halogens is 2. The number of anilines is 2. The van der Waals surface area contributed by atoms with Crippen LogP contribution in [0.25, 0.3) is 0 Å². The Bertz CT molecular complexity index is 825. The predicted octanol–water partition coefficient (Wildman–Crippen LogP) is 3.90. The van der Waals surface area contributed by atoms with Gasteiger partial charge in [0.25, 0.3) is 0 Å². The van der Waals surface area contributed by atoms with Gasteiger partial charge < -0.3 is 20.1 Å². The van der Waals surface area contributed by atoms with Crippen molar-refractivity contribution >= 4 is 46.4 Å². The fourth-order valence-corrected chi connectivity index (χ4v) is 2.41. The molecule has 8 heteroatoms. The first kappa shape index (κ1) is 18.9. The van der Waals surface area contributed by atoms with E-state index in [1.807, 2.05) is 6.92 Å². The summed E-state index contributed by atoms with van der Waals surface area (Å²) in [6.45, 7) is 1.83. The molecule has 0 aliphatic rings. The lowest BCUT2D eigenvalue weighted by molar-refractivity contribution is -0.133. The Kier molecular flexibility index (Phi) is 6.12. The van der Waals surface area contributed by atoms with Crippen molar-refractivity contribution in [1.82, 2.24) is 0 Å². The van der Waals surface area contributed by atoms with Crippen LogP contribution in [0.1, 0.15) is 5.56 Å². The van der Waals surface area contributed by atoms with E-state index in [0.717, 1.165) is 5.56 Å². The monoisotopic (exact) mass is 382 g/mol. The van der Waals surface area contributed by atoms with Gasteiger partial charge in [0.05, 0.1) is 24.9 Å². The van der Waals surface area contributed by atoms with Crippen LogP contribution in [0.15, 0.2) is 30.3 Å². The van der Waals surface area contributed by atoms with E-state index in [-0.39, 0.29) is 5.69 Å². The van der Waals surface area contributed by atoms with Gasteiger partial charge in [0, 0.05) is 22.8 Å². The molecule has 6 nitrogen and oxygen atoms in total. The quantitative estimate of drug-likeness (QED) is 0.786. The number of benzene rings is 2. The van der Waals surface area contributed by atoms with Gasteiger partial charge in [-0.3, -0.25) is 9.59 Å². The summed E-state index contributed by atoms with van der Waals surface area (Å²) >= 11 is 12.0. The third-order valence-corrected chi connectivity index (χ3v) is 4.06. The molecule has 2 rings (SSSR count). The number of hydrogen-bond acceptors (Lipinski definition) is 4. The molecular weight excluding hydrogens is 367 g/mol. The van der Waals surface area contributed by atoms with Crippen molar-refractivity contribution in [2.45, 2.75) is 6.92 Å². The van der Waals surface area contributed by atoms with Crippen molar-refractivity contribution < 1.29 is 19.1 Å². The lowest BCUT2D eigenvalue weighted by Gasteiger charge is -2.13. The lowest BCUT2D eigenvalue weighted by atomic mass is 10.2. The zero-order valence-corrected chi connectivity index (χ0v) is 15.3. The van der Waals surface area contributed by atoms with Crippen molar-refractivity contribution in [3.8, 4) is 11.5 Å². The highest BCUT2D eigenvalue weighted by Crippen LogP contribution is 2.35. The maximum atomic E-state index is 12.1. The van der Waals surface area contributed by atoms with Gasteiger partial charge in [0.2, 0.25) is 0 Å². The van der Waals surface area contributed by atoms with Crippen LogP contribution in [0.5, 0.6) is 11.5 Å². The number of nitrogens with one attached hydrogen (secondary N) is 2. The Labute approximate surface area is 155 Å². The molecule has 0 aromatic heterocycles. The second-order valence-electron chi connectivity index (χ2n) is 5.06. The molecule has 2 amide bonds. The molecule has 0 fully saturated rings. The minimum atomic E-state index is -0.876. The van der Waals surface area contributed by atoms with Crippen LogP contribution in [0.2, 0.25) is 10.0 Å². The zero-order valence-electron chi connectivity index (χ0n) is 13.8. The minimum Gasteiger partial charge on any atom is -0.495 e. The van der Waals surface area contributed by atoms with E-state index in [1.165, 1.54) is 26.4 Å². The van der Waals surface area contributed by atoms with Gasteiger partial charge in [0.1, 0.15) is 11.5 Å². The molecule has 0 saturated carbocycles. The van der Waals surface area contributed by atoms with Crippen LogP contribution in [-0.2, 0) is 9.59 Å². The summed E-state index contributed by atoms with van der Waals surface area (Å²) in [4.78, 5) is 24.2. The van der Waals surface area contributed by atoms with E-state index < -0.39 is 11.8 Å². The molecule has 2 aromatic carbocycles. The number of ether oxygens (including phenoxy) is 2. The molecule has 0 heterocycles. The molecule has 0 saturated heterocycles. The molecule has 2 N–H and O–H groups in total. The first-order valence-corrected chi connectivity index (χ1v) is 7.91. The van der Waals surface area contributed by atoms with E-state index >= 15 is 0 Å². The summed E-state index contributed by atoms with van der Waals surface area (Å²) in [6.07, 6.45) is 0. The van der Waals surface area contributed by atoms with Gasteiger partial charge in [-0.25, -0.2) is 0 Å². The summed E-state index contributed by atoms with van der Waals surface area (Å²) in [5.74, 6) is -1.09. The highest BCUT2D eigenvalue weighted by Gasteiger charge is 2.18. The summed E-state index contributed by atoms with van der Waals surface area (Å²) in [5, 5.41) is 5.74. The second kappa shape index (κ2) is 8.09. The molecular formula is C17H16Cl2N2O4. The Morgan fingerprint density at radius 1 is 0.880 bits per heavy atom. The average molecular weight is 383 g/mol. The summed E-state index contributed by atoms with van der Waals surface area (Å²) in [5.41, 5.74) is 1.53. The summed E-state index contributed by atoms with van der Waals surface area (Å²) < 4.78 is 10.2. The standard InChI is InChI=1S/C17H16Cl2N2O4/c1-9-4-5-10(6-11(9)18)20-16(22)17(23)21-13-8-14(24-2)12(19)7-15(13)25-3/h4-8H,1-3H3,(H,20,22)(H,21,23). The van der Waals surface area contributed by atoms with Gasteiger partial charge in [-0.1, -0.05) is 29.3 Å². The SMILES string of the molecule is COc1cc(NC(=O)C(=O)Nc2ccc(C)c(Cl)c2)c(OC)cc1Cl. The zero-order chi connectivity index (χ0) is 18.6. The van der Waals surface area contributed by atoms with Crippen LogP contribution in [0.3, 0.4) is 0 Å². The van der Waals surface area contributed by atoms with E-state index in [0.29, 0.717) is 27.2 Å². The van der Waals surface area contributed by atoms with Crippen LogP contribution >= 0.6 is 23.2 Å². The van der Waals surface area contributed by atoms with Crippen molar-refractivity contribution in [2.75, 3.05) is 24.9 Å². The van der Waals surface area contributed by atoms with E-state index in [9.17, 15) is 9.59 Å². The number of methoxy groups -OCH3 is 2. The number of aryl methyl sites for hydroxylation is 1. The molecule has 0 aliphatic carbocycles. The van der Waals surface area contributed by atoms with Crippen molar-refractivity contribution in [3.63, 3.8) is 0 Å². The molecule has 0 bridgehead atoms. The summed E-state index contributed by atoms with van der Waals surface area (Å²) in [6, 6.07) is 7.90. The smallest absolute Gasteiger partial charge is 0.314 e. The molecule has 0 radical (unpaired) electrons. The van der Waals surface area contributed by atoms with Crippen LogP contribution in [-0.4, -0.2) is 26.0 Å². The minimum absolute atomic E-state index is 0.255. The molecule has 2 aromatic rings. The van der Waals surface area contributed by atoms with Crippen LogP contribution in [0, 0.1) is 6.92 Å². The lowest BCUT2D eigenvalue weighted by Crippen LogP contribution is -2.29. The Balaban J connectivity index is 2.15. The van der Waals surface area contributed by atoms with E-state index in [2.05, 4.69) is 10.6 Å². The second-order valence-corrected chi connectivity index (χ2v) is 5.87. The van der Waals surface area contributed by atoms with Crippen LogP contribution in [0.4, 0.5) is 11.4 Å². The molecule has 0 aliphatic heterocycles. The number of rotatable bonds is 4. The van der Waals surface area contributed by atoms with Gasteiger partial charge in [-0.2, -0.15) is 0 Å². The fourth-order valence-electron chi connectivity index (χ4n) is 2.00. The number of hydrogen-bond donors (Lipinski definition) is 2. The van der Waals surface area contributed by atoms with Crippen molar-refractivity contribution in [3.05, 3.63) is 45.9 Å². The number of amides is 2. The van der Waals surface area contributed by atoms with Gasteiger partial charge in [0.15, 0.2) is 0 Å². The van der Waals surface area contributed by atoms with Gasteiger partial charge in [-0.05, 0) is 24.6 Å². The van der Waals surface area contributed by atoms with Crippen LogP contribution < -0.4 is 20.1 Å². The number of carbonyl (C=O) groups is 2. The van der Waals surface area contributed by atoms with Crippen molar-refractivity contribution in [1.29, 1.82) is 0 Å². The normalized spacial score (nSPS) is 10.1. The largest absolute Gasteiger partial charge is 0.495 e. The van der Waals surface area contributed by atoms with Crippen molar-refractivity contribution in [2.24, 2.45) is 0 Å².